The van der Waals surface area contributed by atoms with Gasteiger partial charge in [0.1, 0.15) is 5.69 Å². The van der Waals surface area contributed by atoms with E-state index in [1.54, 1.807) is 6.26 Å². The molecule has 2 aromatic heterocycles. The maximum absolute atomic E-state index is 5.45. The third-order valence-corrected chi connectivity index (χ3v) is 4.37. The van der Waals surface area contributed by atoms with E-state index >= 15 is 0 Å². The highest BCUT2D eigenvalue weighted by Crippen LogP contribution is 2.30. The van der Waals surface area contributed by atoms with Crippen LogP contribution in [0.3, 0.4) is 0 Å². The minimum Gasteiger partial charge on any atom is -0.461 e. The van der Waals surface area contributed by atoms with Gasteiger partial charge < -0.3 is 14.1 Å². The van der Waals surface area contributed by atoms with E-state index in [0.29, 0.717) is 24.8 Å². The number of rotatable bonds is 3. The average Bonchev–Trinajstić information content (AvgIpc) is 3.17. The lowest BCUT2D eigenvalue weighted by Crippen LogP contribution is -2.37. The highest BCUT2D eigenvalue weighted by molar-refractivity contribution is 9.10. The van der Waals surface area contributed by atoms with E-state index in [1.165, 1.54) is 0 Å². The molecule has 0 amide bonds. The number of furan rings is 1. The van der Waals surface area contributed by atoms with Gasteiger partial charge in [0.25, 0.3) is 0 Å². The van der Waals surface area contributed by atoms with Crippen LogP contribution in [0.2, 0.25) is 0 Å². The van der Waals surface area contributed by atoms with Gasteiger partial charge in [-0.05, 0) is 24.3 Å². The van der Waals surface area contributed by atoms with Crippen molar-refractivity contribution in [2.75, 3.05) is 31.2 Å². The largest absolute Gasteiger partial charge is 0.461 e. The molecule has 0 aliphatic carbocycles. The van der Waals surface area contributed by atoms with Crippen LogP contribution in [0.1, 0.15) is 0 Å². The van der Waals surface area contributed by atoms with Crippen LogP contribution in [0.4, 0.5) is 5.82 Å². The Balaban J connectivity index is 1.81. The van der Waals surface area contributed by atoms with Gasteiger partial charge in [0.05, 0.1) is 19.5 Å². The fourth-order valence-electron chi connectivity index (χ4n) is 2.62. The molecule has 0 saturated carbocycles. The number of aromatic nitrogens is 3. The van der Waals surface area contributed by atoms with Crippen LogP contribution in [0.25, 0.3) is 22.8 Å². The molecule has 3 aromatic rings. The molecule has 7 heteroatoms. The van der Waals surface area contributed by atoms with Crippen molar-refractivity contribution in [3.8, 4) is 22.8 Å². The molecule has 1 aliphatic heterocycles. The zero-order chi connectivity index (χ0) is 16.4. The minimum absolute atomic E-state index is 0.488. The normalized spacial score (nSPS) is 14.8. The van der Waals surface area contributed by atoms with Crippen molar-refractivity contribution in [2.45, 2.75) is 0 Å². The maximum Gasteiger partial charge on any atom is 0.219 e. The van der Waals surface area contributed by atoms with E-state index in [1.807, 2.05) is 36.4 Å². The van der Waals surface area contributed by atoms with Gasteiger partial charge in [-0.25, -0.2) is 4.98 Å². The lowest BCUT2D eigenvalue weighted by atomic mass is 10.1. The van der Waals surface area contributed by atoms with Gasteiger partial charge in [0.2, 0.25) is 5.82 Å². The summed E-state index contributed by atoms with van der Waals surface area (Å²) in [4.78, 5) is 6.91. The van der Waals surface area contributed by atoms with E-state index in [2.05, 4.69) is 31.0 Å². The average molecular weight is 387 g/mol. The SMILES string of the molecule is Brc1ccc(-c2nnc(-c3ccco3)nc2N2CCOCC2)cc1. The van der Waals surface area contributed by atoms with E-state index in [0.717, 1.165) is 34.6 Å². The molecule has 122 valence electrons. The summed E-state index contributed by atoms with van der Waals surface area (Å²) >= 11 is 3.46. The smallest absolute Gasteiger partial charge is 0.219 e. The summed E-state index contributed by atoms with van der Waals surface area (Å²) in [6.07, 6.45) is 1.61. The van der Waals surface area contributed by atoms with Crippen molar-refractivity contribution >= 4 is 21.7 Å². The van der Waals surface area contributed by atoms with E-state index in [4.69, 9.17) is 14.1 Å². The summed E-state index contributed by atoms with van der Waals surface area (Å²) in [6, 6.07) is 11.6. The second-order valence-electron chi connectivity index (χ2n) is 5.39. The van der Waals surface area contributed by atoms with E-state index in [9.17, 15) is 0 Å². The Kier molecular flexibility index (Phi) is 4.27. The predicted molar refractivity (Wildman–Crippen MR) is 93.7 cm³/mol. The molecule has 1 fully saturated rings. The number of morpholine rings is 1. The van der Waals surface area contributed by atoms with Crippen molar-refractivity contribution < 1.29 is 9.15 Å². The van der Waals surface area contributed by atoms with Gasteiger partial charge >= 0.3 is 0 Å². The summed E-state index contributed by atoms with van der Waals surface area (Å²) in [6.45, 7) is 2.92. The van der Waals surface area contributed by atoms with Crippen molar-refractivity contribution in [1.29, 1.82) is 0 Å². The summed E-state index contributed by atoms with van der Waals surface area (Å²) in [5.41, 5.74) is 1.74. The third-order valence-electron chi connectivity index (χ3n) is 3.84. The van der Waals surface area contributed by atoms with Crippen molar-refractivity contribution in [3.05, 3.63) is 47.1 Å². The molecular weight excluding hydrogens is 372 g/mol. The molecule has 0 N–H and O–H groups in total. The first-order chi connectivity index (χ1) is 11.8. The minimum atomic E-state index is 0.488. The van der Waals surface area contributed by atoms with Gasteiger partial charge in [0.15, 0.2) is 11.6 Å². The molecule has 1 saturated heterocycles. The van der Waals surface area contributed by atoms with E-state index < -0.39 is 0 Å². The number of benzene rings is 1. The zero-order valence-electron chi connectivity index (χ0n) is 12.9. The van der Waals surface area contributed by atoms with Gasteiger partial charge in [-0.3, -0.25) is 0 Å². The second-order valence-corrected chi connectivity index (χ2v) is 6.31. The van der Waals surface area contributed by atoms with Crippen LogP contribution in [-0.2, 0) is 4.74 Å². The molecule has 0 bridgehead atoms. The van der Waals surface area contributed by atoms with Crippen molar-refractivity contribution in [1.82, 2.24) is 15.2 Å². The number of anilines is 1. The molecule has 6 nitrogen and oxygen atoms in total. The quantitative estimate of drug-likeness (QED) is 0.687. The number of nitrogens with zero attached hydrogens (tertiary/aromatic N) is 4. The van der Waals surface area contributed by atoms with Gasteiger partial charge in [-0.2, -0.15) is 0 Å². The molecule has 0 spiro atoms. The topological polar surface area (TPSA) is 64.3 Å². The Labute approximate surface area is 147 Å². The van der Waals surface area contributed by atoms with Crippen LogP contribution in [-0.4, -0.2) is 41.5 Å². The highest BCUT2D eigenvalue weighted by atomic mass is 79.9. The number of ether oxygens (including phenoxy) is 1. The van der Waals surface area contributed by atoms with Gasteiger partial charge in [0, 0.05) is 23.1 Å². The van der Waals surface area contributed by atoms with Gasteiger partial charge in [-0.15, -0.1) is 10.2 Å². The lowest BCUT2D eigenvalue weighted by molar-refractivity contribution is 0.122. The van der Waals surface area contributed by atoms with E-state index in [-0.39, 0.29) is 0 Å². The van der Waals surface area contributed by atoms with Crippen molar-refractivity contribution in [3.63, 3.8) is 0 Å². The molecule has 0 unspecified atom stereocenters. The van der Waals surface area contributed by atoms with Crippen LogP contribution in [0.5, 0.6) is 0 Å². The van der Waals surface area contributed by atoms with Gasteiger partial charge in [-0.1, -0.05) is 28.1 Å². The summed E-state index contributed by atoms with van der Waals surface area (Å²) in [5, 5.41) is 8.69. The van der Waals surface area contributed by atoms with Crippen LogP contribution >= 0.6 is 15.9 Å². The molecule has 4 rings (SSSR count). The fraction of sp³-hybridized carbons (Fsp3) is 0.235. The molecule has 1 aromatic carbocycles. The Hall–Kier alpha value is -2.25. The summed E-state index contributed by atoms with van der Waals surface area (Å²) in [7, 11) is 0. The monoisotopic (exact) mass is 386 g/mol. The standard InChI is InChI=1S/C17H15BrN4O2/c18-13-5-3-12(4-6-13)15-17(22-7-10-23-11-8-22)19-16(21-20-15)14-2-1-9-24-14/h1-6,9H,7-8,10-11H2. The molecular formula is C17H15BrN4O2. The number of hydrogen-bond acceptors (Lipinski definition) is 6. The summed E-state index contributed by atoms with van der Waals surface area (Å²) in [5.74, 6) is 1.91. The Morgan fingerprint density at radius 2 is 1.79 bits per heavy atom. The maximum atomic E-state index is 5.45. The molecule has 3 heterocycles. The number of hydrogen-bond donors (Lipinski definition) is 0. The molecule has 0 radical (unpaired) electrons. The summed E-state index contributed by atoms with van der Waals surface area (Å²) < 4.78 is 11.9. The first-order valence-corrected chi connectivity index (χ1v) is 8.48. The Morgan fingerprint density at radius 1 is 1.00 bits per heavy atom. The second kappa shape index (κ2) is 6.70. The third kappa shape index (κ3) is 3.05. The predicted octanol–water partition coefficient (Wildman–Crippen LogP) is 3.40. The lowest BCUT2D eigenvalue weighted by Gasteiger charge is -2.29. The van der Waals surface area contributed by atoms with Crippen LogP contribution in [0, 0.1) is 0 Å². The first-order valence-electron chi connectivity index (χ1n) is 7.68. The van der Waals surface area contributed by atoms with Crippen LogP contribution in [0.15, 0.2) is 51.6 Å². The highest BCUT2D eigenvalue weighted by Gasteiger charge is 2.21. The molecule has 1 aliphatic rings. The van der Waals surface area contributed by atoms with Crippen LogP contribution < -0.4 is 4.90 Å². The molecule has 24 heavy (non-hydrogen) atoms. The Bertz CT molecular complexity index is 815. The first kappa shape index (κ1) is 15.3. The zero-order valence-corrected chi connectivity index (χ0v) is 14.4. The Morgan fingerprint density at radius 3 is 2.50 bits per heavy atom. The van der Waals surface area contributed by atoms with Crippen molar-refractivity contribution in [2.24, 2.45) is 0 Å². The number of halogens is 1. The molecule has 0 atom stereocenters. The fourth-order valence-corrected chi connectivity index (χ4v) is 2.88.